The molecule has 6 nitrogen and oxygen atoms in total. The van der Waals surface area contributed by atoms with Gasteiger partial charge in [0, 0.05) is 0 Å². The predicted octanol–water partition coefficient (Wildman–Crippen LogP) is 2.63. The molecule has 1 aromatic heterocycles. The molecule has 0 aliphatic rings. The standard InChI is InChI=1S/C14H12ClF3N2O4S/c15-11-4-3-9(14(16,17)18)6-12(11)25(22,23)20(8-13(19)21)7-10-2-1-5-24-10/h1-6H,7-8H2,(H2,19,21). The zero-order valence-electron chi connectivity index (χ0n) is 12.5. The van der Waals surface area contributed by atoms with E-state index in [0.717, 1.165) is 6.07 Å². The number of amides is 1. The van der Waals surface area contributed by atoms with Crippen LogP contribution in [0, 0.1) is 0 Å². The van der Waals surface area contributed by atoms with Crippen LogP contribution >= 0.6 is 11.6 Å². The summed E-state index contributed by atoms with van der Waals surface area (Å²) in [5.41, 5.74) is 3.86. The predicted molar refractivity (Wildman–Crippen MR) is 82.0 cm³/mol. The minimum Gasteiger partial charge on any atom is -0.468 e. The average molecular weight is 397 g/mol. The van der Waals surface area contributed by atoms with E-state index in [9.17, 15) is 26.4 Å². The molecule has 1 amide bonds. The quantitative estimate of drug-likeness (QED) is 0.812. The number of carbonyl (C=O) groups excluding carboxylic acids is 1. The molecule has 11 heteroatoms. The summed E-state index contributed by atoms with van der Waals surface area (Å²) < 4.78 is 69.6. The van der Waals surface area contributed by atoms with Crippen molar-refractivity contribution < 1.29 is 30.8 Å². The number of nitrogens with two attached hydrogens (primary N) is 1. The van der Waals surface area contributed by atoms with Crippen LogP contribution in [0.25, 0.3) is 0 Å². The highest BCUT2D eigenvalue weighted by atomic mass is 35.5. The Morgan fingerprint density at radius 3 is 2.48 bits per heavy atom. The van der Waals surface area contributed by atoms with Crippen molar-refractivity contribution in [3.63, 3.8) is 0 Å². The molecule has 2 N–H and O–H groups in total. The number of hydrogen-bond acceptors (Lipinski definition) is 4. The van der Waals surface area contributed by atoms with Gasteiger partial charge in [-0.1, -0.05) is 11.6 Å². The first-order chi connectivity index (χ1) is 11.5. The van der Waals surface area contributed by atoms with Crippen LogP contribution in [-0.4, -0.2) is 25.2 Å². The van der Waals surface area contributed by atoms with Crippen molar-refractivity contribution in [2.24, 2.45) is 5.73 Å². The Bertz CT molecular complexity index is 867. The van der Waals surface area contributed by atoms with Crippen molar-refractivity contribution in [2.45, 2.75) is 17.6 Å². The number of hydrogen-bond donors (Lipinski definition) is 1. The number of halogens is 4. The monoisotopic (exact) mass is 396 g/mol. The summed E-state index contributed by atoms with van der Waals surface area (Å²) in [4.78, 5) is 10.4. The molecule has 0 spiro atoms. The van der Waals surface area contributed by atoms with Crippen molar-refractivity contribution in [1.82, 2.24) is 4.31 Å². The molecule has 1 aromatic carbocycles. The summed E-state index contributed by atoms with van der Waals surface area (Å²) in [6, 6.07) is 4.83. The van der Waals surface area contributed by atoms with E-state index in [1.165, 1.54) is 18.4 Å². The van der Waals surface area contributed by atoms with Gasteiger partial charge in [0.15, 0.2) is 0 Å². The Balaban J connectivity index is 2.50. The summed E-state index contributed by atoms with van der Waals surface area (Å²) in [6.07, 6.45) is -3.48. The van der Waals surface area contributed by atoms with Crippen molar-refractivity contribution in [3.05, 3.63) is 52.9 Å². The van der Waals surface area contributed by atoms with Gasteiger partial charge in [0.2, 0.25) is 15.9 Å². The first kappa shape index (κ1) is 19.3. The van der Waals surface area contributed by atoms with Crippen molar-refractivity contribution in [3.8, 4) is 0 Å². The van der Waals surface area contributed by atoms with Gasteiger partial charge in [-0.3, -0.25) is 4.79 Å². The van der Waals surface area contributed by atoms with E-state index in [2.05, 4.69) is 0 Å². The Labute approximate surface area is 146 Å². The number of sulfonamides is 1. The van der Waals surface area contributed by atoms with Crippen molar-refractivity contribution >= 4 is 27.5 Å². The fourth-order valence-electron chi connectivity index (χ4n) is 1.99. The first-order valence-electron chi connectivity index (χ1n) is 6.69. The highest BCUT2D eigenvalue weighted by Gasteiger charge is 2.35. The highest BCUT2D eigenvalue weighted by molar-refractivity contribution is 7.89. The topological polar surface area (TPSA) is 93.6 Å². The number of primary amides is 1. The third kappa shape index (κ3) is 4.53. The molecule has 0 aliphatic heterocycles. The molecule has 136 valence electrons. The van der Waals surface area contributed by atoms with Gasteiger partial charge in [-0.25, -0.2) is 8.42 Å². The van der Waals surface area contributed by atoms with Crippen LogP contribution in [0.5, 0.6) is 0 Å². The Kier molecular flexibility index (Phi) is 5.45. The van der Waals surface area contributed by atoms with Crippen LogP contribution in [0.4, 0.5) is 13.2 Å². The lowest BCUT2D eigenvalue weighted by atomic mass is 10.2. The maximum absolute atomic E-state index is 12.9. The zero-order valence-corrected chi connectivity index (χ0v) is 14.0. The van der Waals surface area contributed by atoms with E-state index in [1.807, 2.05) is 0 Å². The molecule has 1 heterocycles. The largest absolute Gasteiger partial charge is 0.468 e. The number of rotatable bonds is 6. The molecule has 0 saturated heterocycles. The highest BCUT2D eigenvalue weighted by Crippen LogP contribution is 2.34. The third-order valence-electron chi connectivity index (χ3n) is 3.12. The lowest BCUT2D eigenvalue weighted by Crippen LogP contribution is -2.38. The van der Waals surface area contributed by atoms with Gasteiger partial charge in [-0.2, -0.15) is 17.5 Å². The minimum atomic E-state index is -4.76. The fraction of sp³-hybridized carbons (Fsp3) is 0.214. The van der Waals surface area contributed by atoms with Gasteiger partial charge in [0.05, 0.1) is 29.9 Å². The second-order valence-electron chi connectivity index (χ2n) is 4.96. The molecule has 2 aromatic rings. The second kappa shape index (κ2) is 7.06. The van der Waals surface area contributed by atoms with Gasteiger partial charge in [0.25, 0.3) is 0 Å². The molecule has 0 aliphatic carbocycles. The van der Waals surface area contributed by atoms with E-state index in [4.69, 9.17) is 21.8 Å². The molecule has 0 atom stereocenters. The summed E-state index contributed by atoms with van der Waals surface area (Å²) in [5.74, 6) is -0.814. The summed E-state index contributed by atoms with van der Waals surface area (Å²) >= 11 is 5.78. The molecule has 0 saturated carbocycles. The van der Waals surface area contributed by atoms with Gasteiger partial charge < -0.3 is 10.2 Å². The maximum Gasteiger partial charge on any atom is 0.416 e. The van der Waals surface area contributed by atoms with Crippen molar-refractivity contribution in [1.29, 1.82) is 0 Å². The van der Waals surface area contributed by atoms with Crippen LogP contribution < -0.4 is 5.73 Å². The zero-order chi connectivity index (χ0) is 18.8. The Hall–Kier alpha value is -2.04. The van der Waals surface area contributed by atoms with E-state index < -0.39 is 50.7 Å². The fourth-order valence-corrected chi connectivity index (χ4v) is 3.87. The number of benzene rings is 1. The van der Waals surface area contributed by atoms with Crippen molar-refractivity contribution in [2.75, 3.05) is 6.54 Å². The van der Waals surface area contributed by atoms with Gasteiger partial charge in [-0.15, -0.1) is 0 Å². The molecule has 2 rings (SSSR count). The third-order valence-corrected chi connectivity index (χ3v) is 5.39. The lowest BCUT2D eigenvalue weighted by Gasteiger charge is -2.21. The van der Waals surface area contributed by atoms with Crippen LogP contribution in [0.2, 0.25) is 5.02 Å². The minimum absolute atomic E-state index is 0.174. The number of alkyl halides is 3. The smallest absolute Gasteiger partial charge is 0.416 e. The van der Waals surface area contributed by atoms with Gasteiger partial charge in [-0.05, 0) is 30.3 Å². The van der Waals surface area contributed by atoms with Crippen LogP contribution in [0.15, 0.2) is 45.9 Å². The molecule has 0 bridgehead atoms. The molecule has 25 heavy (non-hydrogen) atoms. The van der Waals surface area contributed by atoms with E-state index >= 15 is 0 Å². The first-order valence-corrected chi connectivity index (χ1v) is 8.51. The molecular formula is C14H12ClF3N2O4S. The Morgan fingerprint density at radius 1 is 1.28 bits per heavy atom. The van der Waals surface area contributed by atoms with Gasteiger partial charge >= 0.3 is 6.18 Å². The summed E-state index contributed by atoms with van der Waals surface area (Å²) in [6.45, 7) is -1.15. The molecule has 0 radical (unpaired) electrons. The average Bonchev–Trinajstić information content (AvgIpc) is 2.98. The second-order valence-corrected chi connectivity index (χ2v) is 7.28. The van der Waals surface area contributed by atoms with E-state index in [1.54, 1.807) is 0 Å². The summed E-state index contributed by atoms with van der Waals surface area (Å²) in [5, 5.41) is -0.415. The van der Waals surface area contributed by atoms with E-state index in [0.29, 0.717) is 16.4 Å². The number of nitrogens with zero attached hydrogens (tertiary/aromatic N) is 1. The number of furan rings is 1. The number of carbonyl (C=O) groups is 1. The van der Waals surface area contributed by atoms with E-state index in [-0.39, 0.29) is 5.76 Å². The molecule has 0 fully saturated rings. The Morgan fingerprint density at radius 2 is 1.96 bits per heavy atom. The van der Waals surface area contributed by atoms with Crippen LogP contribution in [-0.2, 0) is 27.5 Å². The normalized spacial score (nSPS) is 12.5. The lowest BCUT2D eigenvalue weighted by molar-refractivity contribution is -0.137. The SMILES string of the molecule is NC(=O)CN(Cc1ccco1)S(=O)(=O)c1cc(C(F)(F)F)ccc1Cl. The molecule has 0 unspecified atom stereocenters. The van der Waals surface area contributed by atoms with Crippen LogP contribution in [0.1, 0.15) is 11.3 Å². The molecular weight excluding hydrogens is 385 g/mol. The summed E-state index contributed by atoms with van der Waals surface area (Å²) in [7, 11) is -4.55. The van der Waals surface area contributed by atoms with Crippen LogP contribution in [0.3, 0.4) is 0 Å². The van der Waals surface area contributed by atoms with Gasteiger partial charge in [0.1, 0.15) is 10.7 Å². The maximum atomic E-state index is 12.9.